The molecule has 2 saturated heterocycles. The fraction of sp³-hybridized carbons (Fsp3) is 0.706. The second kappa shape index (κ2) is 17.1. The number of rotatable bonds is 15. The van der Waals surface area contributed by atoms with Gasteiger partial charge >= 0.3 is 0 Å². The Labute approximate surface area is 260 Å². The van der Waals surface area contributed by atoms with Crippen LogP contribution in [-0.4, -0.2) is 105 Å². The van der Waals surface area contributed by atoms with E-state index in [0.29, 0.717) is 0 Å². The number of piperazine rings is 2. The van der Waals surface area contributed by atoms with Crippen LogP contribution in [0.4, 0.5) is 17.6 Å². The van der Waals surface area contributed by atoms with Gasteiger partial charge in [0.1, 0.15) is 11.6 Å². The van der Waals surface area contributed by atoms with E-state index >= 15 is 0 Å². The SMILES string of the molecule is CCCCN1CCN(c2cc(N3CCN(C)CC3)nc(NCc3ccc(CNCCCNC4CCCCC4)cc3)n2)CC1. The number of likely N-dealkylation sites (N-methyl/N-ethyl adjacent to an activating group) is 1. The summed E-state index contributed by atoms with van der Waals surface area (Å²) in [5.74, 6) is 2.83. The maximum atomic E-state index is 5.01. The summed E-state index contributed by atoms with van der Waals surface area (Å²) in [5.41, 5.74) is 2.58. The Kier molecular flexibility index (Phi) is 12.7. The molecule has 3 N–H and O–H groups in total. The van der Waals surface area contributed by atoms with Crippen molar-refractivity contribution in [3.05, 3.63) is 41.5 Å². The molecular formula is C34H57N9. The topological polar surface area (TPSA) is 74.8 Å². The van der Waals surface area contributed by atoms with Gasteiger partial charge in [-0.05, 0) is 63.5 Å². The van der Waals surface area contributed by atoms with E-state index in [0.717, 1.165) is 102 Å². The van der Waals surface area contributed by atoms with Crippen LogP contribution in [0.15, 0.2) is 30.3 Å². The van der Waals surface area contributed by atoms with Crippen LogP contribution in [0.1, 0.15) is 69.4 Å². The van der Waals surface area contributed by atoms with E-state index < -0.39 is 0 Å². The van der Waals surface area contributed by atoms with Gasteiger partial charge in [0.05, 0.1) is 0 Å². The molecule has 0 bridgehead atoms. The van der Waals surface area contributed by atoms with E-state index in [1.54, 1.807) is 0 Å². The van der Waals surface area contributed by atoms with Crippen molar-refractivity contribution in [2.45, 2.75) is 77.4 Å². The molecule has 2 aliphatic heterocycles. The maximum Gasteiger partial charge on any atom is 0.226 e. The minimum absolute atomic E-state index is 0.719. The standard InChI is InChI=1S/C34H57N9/c1-3-4-17-41-20-24-43(25-21-41)33-26-32(42-22-18-40(2)19-23-42)38-34(39-33)37-28-30-13-11-29(12-14-30)27-35-15-8-16-36-31-9-6-5-7-10-31/h11-14,26,31,35-36H,3-10,15-25,27-28H2,1-2H3,(H,37,38,39). The summed E-state index contributed by atoms with van der Waals surface area (Å²) in [6.45, 7) is 15.7. The minimum atomic E-state index is 0.719. The van der Waals surface area contributed by atoms with E-state index in [9.17, 15) is 0 Å². The first kappa shape index (κ1) is 31.9. The molecular weight excluding hydrogens is 534 g/mol. The summed E-state index contributed by atoms with van der Waals surface area (Å²) in [6.07, 6.45) is 10.7. The molecule has 1 saturated carbocycles. The van der Waals surface area contributed by atoms with Crippen molar-refractivity contribution < 1.29 is 0 Å². The van der Waals surface area contributed by atoms with Gasteiger partial charge in [-0.3, -0.25) is 4.90 Å². The van der Waals surface area contributed by atoms with Crippen molar-refractivity contribution in [1.82, 2.24) is 30.4 Å². The molecule has 1 aromatic heterocycles. The fourth-order valence-corrected chi connectivity index (χ4v) is 6.46. The van der Waals surface area contributed by atoms with Gasteiger partial charge in [-0.2, -0.15) is 9.97 Å². The third-order valence-corrected chi connectivity index (χ3v) is 9.42. The molecule has 0 unspecified atom stereocenters. The number of benzene rings is 1. The van der Waals surface area contributed by atoms with Crippen LogP contribution in [0.3, 0.4) is 0 Å². The van der Waals surface area contributed by atoms with Gasteiger partial charge in [0.2, 0.25) is 5.95 Å². The minimum Gasteiger partial charge on any atom is -0.354 e. The molecule has 9 heteroatoms. The first-order valence-corrected chi connectivity index (χ1v) is 17.2. The Morgan fingerprint density at radius 2 is 1.37 bits per heavy atom. The van der Waals surface area contributed by atoms with Crippen LogP contribution in [0.5, 0.6) is 0 Å². The van der Waals surface area contributed by atoms with E-state index in [-0.39, 0.29) is 0 Å². The number of nitrogens with one attached hydrogen (secondary N) is 3. The molecule has 0 amide bonds. The van der Waals surface area contributed by atoms with Crippen LogP contribution in [0, 0.1) is 0 Å². The average molecular weight is 592 g/mol. The highest BCUT2D eigenvalue weighted by Crippen LogP contribution is 2.24. The van der Waals surface area contributed by atoms with Gasteiger partial charge in [0.15, 0.2) is 0 Å². The van der Waals surface area contributed by atoms with Crippen molar-refractivity contribution in [2.75, 3.05) is 94.2 Å². The lowest BCUT2D eigenvalue weighted by atomic mass is 9.95. The summed E-state index contributed by atoms with van der Waals surface area (Å²) in [4.78, 5) is 19.9. The quantitative estimate of drug-likeness (QED) is 0.265. The second-order valence-electron chi connectivity index (χ2n) is 12.9. The number of aromatic nitrogens is 2. The largest absolute Gasteiger partial charge is 0.354 e. The summed E-state index contributed by atoms with van der Waals surface area (Å²) in [6, 6.07) is 11.9. The zero-order valence-corrected chi connectivity index (χ0v) is 27.0. The lowest BCUT2D eigenvalue weighted by molar-refractivity contribution is 0.253. The molecule has 43 heavy (non-hydrogen) atoms. The van der Waals surface area contributed by atoms with E-state index in [1.165, 1.54) is 69.0 Å². The van der Waals surface area contributed by atoms with E-state index in [4.69, 9.17) is 9.97 Å². The first-order chi connectivity index (χ1) is 21.2. The molecule has 238 valence electrons. The summed E-state index contributed by atoms with van der Waals surface area (Å²) in [5, 5.41) is 10.9. The molecule has 2 aromatic rings. The summed E-state index contributed by atoms with van der Waals surface area (Å²) >= 11 is 0. The molecule has 0 atom stereocenters. The Morgan fingerprint density at radius 1 is 0.744 bits per heavy atom. The van der Waals surface area contributed by atoms with Gasteiger partial charge in [0, 0.05) is 77.6 Å². The number of hydrogen-bond acceptors (Lipinski definition) is 9. The smallest absolute Gasteiger partial charge is 0.226 e. The lowest BCUT2D eigenvalue weighted by Gasteiger charge is -2.37. The predicted octanol–water partition coefficient (Wildman–Crippen LogP) is 4.16. The van der Waals surface area contributed by atoms with Gasteiger partial charge in [-0.1, -0.05) is 56.9 Å². The third-order valence-electron chi connectivity index (χ3n) is 9.42. The van der Waals surface area contributed by atoms with Gasteiger partial charge < -0.3 is 30.7 Å². The molecule has 1 aromatic carbocycles. The van der Waals surface area contributed by atoms with E-state index in [2.05, 4.69) is 79.9 Å². The van der Waals surface area contributed by atoms with Gasteiger partial charge in [-0.15, -0.1) is 0 Å². The third kappa shape index (κ3) is 10.3. The monoisotopic (exact) mass is 591 g/mol. The van der Waals surface area contributed by atoms with Crippen LogP contribution in [0.2, 0.25) is 0 Å². The molecule has 0 spiro atoms. The molecule has 0 radical (unpaired) electrons. The van der Waals surface area contributed by atoms with Gasteiger partial charge in [0.25, 0.3) is 0 Å². The molecule has 5 rings (SSSR count). The Morgan fingerprint density at radius 3 is 2.02 bits per heavy atom. The first-order valence-electron chi connectivity index (χ1n) is 17.2. The predicted molar refractivity (Wildman–Crippen MR) is 180 cm³/mol. The average Bonchev–Trinajstić information content (AvgIpc) is 3.06. The number of anilines is 3. The lowest BCUT2D eigenvalue weighted by Crippen LogP contribution is -2.47. The number of hydrogen-bond donors (Lipinski definition) is 3. The van der Waals surface area contributed by atoms with E-state index in [1.807, 2.05) is 0 Å². The molecule has 1 aliphatic carbocycles. The second-order valence-corrected chi connectivity index (χ2v) is 12.9. The van der Waals surface area contributed by atoms with Crippen molar-refractivity contribution in [3.63, 3.8) is 0 Å². The maximum absolute atomic E-state index is 5.01. The van der Waals surface area contributed by atoms with Crippen LogP contribution >= 0.6 is 0 Å². The fourth-order valence-electron chi connectivity index (χ4n) is 6.46. The Balaban J connectivity index is 1.11. The highest BCUT2D eigenvalue weighted by Gasteiger charge is 2.22. The van der Waals surface area contributed by atoms with Crippen molar-refractivity contribution in [1.29, 1.82) is 0 Å². The highest BCUT2D eigenvalue weighted by atomic mass is 15.3. The number of nitrogens with zero attached hydrogens (tertiary/aromatic N) is 6. The van der Waals surface area contributed by atoms with Crippen molar-refractivity contribution in [2.24, 2.45) is 0 Å². The molecule has 3 fully saturated rings. The van der Waals surface area contributed by atoms with Crippen molar-refractivity contribution >= 4 is 17.6 Å². The normalized spacial score (nSPS) is 19.2. The zero-order valence-electron chi connectivity index (χ0n) is 27.0. The van der Waals surface area contributed by atoms with Crippen LogP contribution in [-0.2, 0) is 13.1 Å². The molecule has 9 nitrogen and oxygen atoms in total. The Hall–Kier alpha value is -2.46. The van der Waals surface area contributed by atoms with Gasteiger partial charge in [-0.25, -0.2) is 0 Å². The van der Waals surface area contributed by atoms with Crippen LogP contribution in [0.25, 0.3) is 0 Å². The number of unbranched alkanes of at least 4 members (excludes halogenated alkanes) is 1. The molecule has 3 aliphatic rings. The zero-order chi connectivity index (χ0) is 29.7. The molecule has 3 heterocycles. The van der Waals surface area contributed by atoms with Crippen molar-refractivity contribution in [3.8, 4) is 0 Å². The summed E-state index contributed by atoms with van der Waals surface area (Å²) < 4.78 is 0. The highest BCUT2D eigenvalue weighted by molar-refractivity contribution is 5.55. The summed E-state index contributed by atoms with van der Waals surface area (Å²) in [7, 11) is 2.20. The van der Waals surface area contributed by atoms with Crippen LogP contribution < -0.4 is 25.8 Å². The Bertz CT molecular complexity index is 1060.